The molecule has 0 bridgehead atoms. The first kappa shape index (κ1) is 20.7. The van der Waals surface area contributed by atoms with E-state index in [1.165, 1.54) is 8.66 Å². The lowest BCUT2D eigenvalue weighted by Crippen LogP contribution is -2.38. The second-order valence-corrected chi connectivity index (χ2v) is 8.68. The molecule has 1 aromatic rings. The summed E-state index contributed by atoms with van der Waals surface area (Å²) in [4.78, 5) is 5.99. The molecular formula is C18H30BrN3O2S. The summed E-state index contributed by atoms with van der Waals surface area (Å²) in [6.45, 7) is 8.05. The Bertz CT molecular complexity index is 504. The fourth-order valence-corrected chi connectivity index (χ4v) is 4.14. The molecule has 0 unspecified atom stereocenters. The summed E-state index contributed by atoms with van der Waals surface area (Å²) in [6, 6.07) is 4.26. The van der Waals surface area contributed by atoms with Crippen LogP contribution < -0.4 is 10.6 Å². The van der Waals surface area contributed by atoms with Crippen LogP contribution in [-0.4, -0.2) is 52.0 Å². The van der Waals surface area contributed by atoms with E-state index in [1.54, 1.807) is 11.3 Å². The average Bonchev–Trinajstić information content (AvgIpc) is 3.04. The number of hydrogen-bond acceptors (Lipinski definition) is 4. The minimum atomic E-state index is 0.675. The van der Waals surface area contributed by atoms with Crippen LogP contribution in [0.25, 0.3) is 0 Å². The van der Waals surface area contributed by atoms with Gasteiger partial charge >= 0.3 is 0 Å². The molecule has 0 atom stereocenters. The largest absolute Gasteiger partial charge is 0.381 e. The lowest BCUT2D eigenvalue weighted by molar-refractivity contribution is 0.0205. The van der Waals surface area contributed by atoms with Gasteiger partial charge in [0.15, 0.2) is 5.96 Å². The van der Waals surface area contributed by atoms with Crippen molar-refractivity contribution in [2.45, 2.75) is 32.6 Å². The Morgan fingerprint density at radius 1 is 1.36 bits per heavy atom. The zero-order valence-electron chi connectivity index (χ0n) is 15.1. The number of hydrogen-bond donors (Lipinski definition) is 2. The van der Waals surface area contributed by atoms with Gasteiger partial charge in [0.1, 0.15) is 0 Å². The second kappa shape index (κ2) is 12.7. The lowest BCUT2D eigenvalue weighted by atomic mass is 10.0. The Kier molecular flexibility index (Phi) is 10.5. The van der Waals surface area contributed by atoms with Gasteiger partial charge in [0.05, 0.1) is 3.79 Å². The van der Waals surface area contributed by atoms with E-state index < -0.39 is 0 Å². The molecule has 1 aliphatic heterocycles. The molecule has 1 aromatic heterocycles. The van der Waals surface area contributed by atoms with Crippen LogP contribution in [-0.2, 0) is 15.9 Å². The summed E-state index contributed by atoms with van der Waals surface area (Å²) in [5, 5.41) is 6.69. The third-order valence-electron chi connectivity index (χ3n) is 4.05. The summed E-state index contributed by atoms with van der Waals surface area (Å²) in [5.74, 6) is 1.57. The first-order chi connectivity index (χ1) is 12.3. The number of nitrogens with one attached hydrogen (secondary N) is 2. The minimum Gasteiger partial charge on any atom is -0.381 e. The van der Waals surface area contributed by atoms with E-state index in [-0.39, 0.29) is 0 Å². The molecule has 2 N–H and O–H groups in total. The molecule has 5 nitrogen and oxygen atoms in total. The molecule has 7 heteroatoms. The molecule has 0 aromatic carbocycles. The van der Waals surface area contributed by atoms with E-state index in [1.807, 2.05) is 0 Å². The van der Waals surface area contributed by atoms with E-state index in [0.29, 0.717) is 5.92 Å². The van der Waals surface area contributed by atoms with Crippen LogP contribution in [0.15, 0.2) is 20.9 Å². The zero-order valence-corrected chi connectivity index (χ0v) is 17.5. The number of guanidine groups is 1. The first-order valence-electron chi connectivity index (χ1n) is 9.19. The molecule has 2 heterocycles. The van der Waals surface area contributed by atoms with Crippen molar-refractivity contribution in [3.8, 4) is 0 Å². The summed E-state index contributed by atoms with van der Waals surface area (Å²) in [5.41, 5.74) is 0. The van der Waals surface area contributed by atoms with Crippen molar-refractivity contribution in [3.63, 3.8) is 0 Å². The smallest absolute Gasteiger partial charge is 0.191 e. The number of aliphatic imine (C=N–C) groups is 1. The van der Waals surface area contributed by atoms with Crippen molar-refractivity contribution in [1.29, 1.82) is 0 Å². The summed E-state index contributed by atoms with van der Waals surface area (Å²) in [7, 11) is 0. The highest BCUT2D eigenvalue weighted by atomic mass is 79.9. The van der Waals surface area contributed by atoms with Gasteiger partial charge in [-0.3, -0.25) is 4.99 Å². The molecule has 0 aliphatic carbocycles. The molecule has 142 valence electrons. The van der Waals surface area contributed by atoms with Gasteiger partial charge in [-0.2, -0.15) is 0 Å². The monoisotopic (exact) mass is 431 g/mol. The highest BCUT2D eigenvalue weighted by Crippen LogP contribution is 2.22. The Labute approximate surface area is 163 Å². The van der Waals surface area contributed by atoms with Crippen LogP contribution in [0.2, 0.25) is 0 Å². The van der Waals surface area contributed by atoms with Crippen LogP contribution in [0.4, 0.5) is 0 Å². The fraction of sp³-hybridized carbons (Fsp3) is 0.722. The van der Waals surface area contributed by atoms with Gasteiger partial charge in [0, 0.05) is 50.9 Å². The molecule has 0 radical (unpaired) electrons. The quantitative estimate of drug-likeness (QED) is 0.338. The van der Waals surface area contributed by atoms with Gasteiger partial charge in [-0.15, -0.1) is 11.3 Å². The third-order valence-corrected chi connectivity index (χ3v) is 5.73. The molecule has 1 fully saturated rings. The highest BCUT2D eigenvalue weighted by Gasteiger charge is 2.13. The van der Waals surface area contributed by atoms with Gasteiger partial charge < -0.3 is 20.1 Å². The number of thiophene rings is 1. The van der Waals surface area contributed by atoms with Gasteiger partial charge in [0.2, 0.25) is 0 Å². The van der Waals surface area contributed by atoms with E-state index in [2.05, 4.69) is 50.6 Å². The standard InChI is InChI=1S/C18H30BrN3O2S/c1-2-20-18(22-10-6-16-4-5-17(19)25-16)21-9-3-11-24-14-15-7-12-23-13-8-15/h4-5,15H,2-3,6-14H2,1H3,(H2,20,21,22). The first-order valence-corrected chi connectivity index (χ1v) is 10.8. The van der Waals surface area contributed by atoms with E-state index in [4.69, 9.17) is 9.47 Å². The maximum Gasteiger partial charge on any atom is 0.191 e. The highest BCUT2D eigenvalue weighted by molar-refractivity contribution is 9.11. The Hall–Kier alpha value is -0.630. The molecule has 0 amide bonds. The topological polar surface area (TPSA) is 54.9 Å². The van der Waals surface area contributed by atoms with Crippen LogP contribution in [0.1, 0.15) is 31.1 Å². The fourth-order valence-electron chi connectivity index (χ4n) is 2.65. The predicted octanol–water partition coefficient (Wildman–Crippen LogP) is 3.44. The SMILES string of the molecule is CCNC(=NCCCOCC1CCOCC1)NCCc1ccc(Br)s1. The van der Waals surface area contributed by atoms with Crippen molar-refractivity contribution >= 4 is 33.2 Å². The van der Waals surface area contributed by atoms with E-state index in [9.17, 15) is 0 Å². The number of ether oxygens (including phenoxy) is 2. The Balaban J connectivity index is 1.56. The molecule has 0 saturated carbocycles. The van der Waals surface area contributed by atoms with Gasteiger partial charge in [-0.05, 0) is 66.6 Å². The van der Waals surface area contributed by atoms with E-state index >= 15 is 0 Å². The van der Waals surface area contributed by atoms with Crippen LogP contribution >= 0.6 is 27.3 Å². The van der Waals surface area contributed by atoms with Gasteiger partial charge in [-0.25, -0.2) is 0 Å². The summed E-state index contributed by atoms with van der Waals surface area (Å²) in [6.07, 6.45) is 4.23. The number of halogens is 1. The Morgan fingerprint density at radius 3 is 2.92 bits per heavy atom. The van der Waals surface area contributed by atoms with Gasteiger partial charge in [-0.1, -0.05) is 0 Å². The second-order valence-electron chi connectivity index (χ2n) is 6.13. The van der Waals surface area contributed by atoms with Crippen molar-refractivity contribution in [3.05, 3.63) is 20.8 Å². The maximum absolute atomic E-state index is 5.79. The van der Waals surface area contributed by atoms with Crippen molar-refractivity contribution in [1.82, 2.24) is 10.6 Å². The molecule has 1 aliphatic rings. The van der Waals surface area contributed by atoms with Crippen molar-refractivity contribution in [2.75, 3.05) is 46.1 Å². The zero-order chi connectivity index (χ0) is 17.7. The molecule has 0 spiro atoms. The average molecular weight is 432 g/mol. The minimum absolute atomic E-state index is 0.675. The molecular weight excluding hydrogens is 402 g/mol. The van der Waals surface area contributed by atoms with E-state index in [0.717, 1.165) is 77.7 Å². The normalized spacial score (nSPS) is 16.2. The number of rotatable bonds is 10. The third kappa shape index (κ3) is 9.03. The predicted molar refractivity (Wildman–Crippen MR) is 109 cm³/mol. The van der Waals surface area contributed by atoms with Crippen molar-refractivity contribution < 1.29 is 9.47 Å². The summed E-state index contributed by atoms with van der Waals surface area (Å²) < 4.78 is 12.3. The Morgan fingerprint density at radius 2 is 2.20 bits per heavy atom. The molecule has 2 rings (SSSR count). The van der Waals surface area contributed by atoms with Crippen LogP contribution in [0.3, 0.4) is 0 Å². The maximum atomic E-state index is 5.79. The van der Waals surface area contributed by atoms with Crippen LogP contribution in [0, 0.1) is 5.92 Å². The molecule has 1 saturated heterocycles. The van der Waals surface area contributed by atoms with Gasteiger partial charge in [0.25, 0.3) is 0 Å². The molecule has 25 heavy (non-hydrogen) atoms. The van der Waals surface area contributed by atoms with Crippen LogP contribution in [0.5, 0.6) is 0 Å². The lowest BCUT2D eigenvalue weighted by Gasteiger charge is -2.21. The van der Waals surface area contributed by atoms with Crippen molar-refractivity contribution in [2.24, 2.45) is 10.9 Å². The number of nitrogens with zero attached hydrogens (tertiary/aromatic N) is 1. The summed E-state index contributed by atoms with van der Waals surface area (Å²) >= 11 is 5.29.